The van der Waals surface area contributed by atoms with E-state index in [0.29, 0.717) is 5.75 Å². The summed E-state index contributed by atoms with van der Waals surface area (Å²) in [5.41, 5.74) is 0.589. The van der Waals surface area contributed by atoms with Crippen LogP contribution in [0.2, 0.25) is 0 Å². The first-order valence-electron chi connectivity index (χ1n) is 6.21. The smallest absolute Gasteiger partial charge is 0.178 e. The van der Waals surface area contributed by atoms with Crippen molar-refractivity contribution < 1.29 is 9.13 Å². The van der Waals surface area contributed by atoms with Gasteiger partial charge in [-0.3, -0.25) is 0 Å². The molecule has 0 aromatic heterocycles. The maximum atomic E-state index is 13.8. The maximum Gasteiger partial charge on any atom is 0.178 e. The highest BCUT2D eigenvalue weighted by Crippen LogP contribution is 2.38. The Bertz CT molecular complexity index is 425. The summed E-state index contributed by atoms with van der Waals surface area (Å²) in [6, 6.07) is 5.05. The van der Waals surface area contributed by atoms with Crippen LogP contribution in [-0.4, -0.2) is 25.2 Å². The van der Waals surface area contributed by atoms with Gasteiger partial charge in [0.25, 0.3) is 0 Å². The molecule has 1 fully saturated rings. The third-order valence-corrected chi connectivity index (χ3v) is 3.70. The molecule has 1 aromatic rings. The largest absolute Gasteiger partial charge is 0.482 e. The highest BCUT2D eigenvalue weighted by atomic mass is 35.5. The molecule has 2 aliphatic heterocycles. The van der Waals surface area contributed by atoms with Gasteiger partial charge in [-0.2, -0.15) is 0 Å². The van der Waals surface area contributed by atoms with E-state index in [9.17, 15) is 4.39 Å². The fourth-order valence-corrected chi connectivity index (χ4v) is 2.68. The van der Waals surface area contributed by atoms with E-state index in [1.165, 1.54) is 6.07 Å². The molecule has 0 amide bonds. The third kappa shape index (κ3) is 3.25. The van der Waals surface area contributed by atoms with Gasteiger partial charge in [-0.15, -0.1) is 24.8 Å². The molecular weight excluding hydrogens is 290 g/mol. The zero-order valence-corrected chi connectivity index (χ0v) is 12.2. The summed E-state index contributed by atoms with van der Waals surface area (Å²) in [6.07, 6.45) is 2.83. The Kier molecular flexibility index (Phi) is 5.71. The quantitative estimate of drug-likeness (QED) is 0.773. The zero-order valence-electron chi connectivity index (χ0n) is 10.6. The fraction of sp³-hybridized carbons (Fsp3) is 0.538. The normalized spacial score (nSPS) is 19.8. The number of para-hydroxylation sites is 1. The Labute approximate surface area is 125 Å². The Balaban J connectivity index is 0.000000902. The monoisotopic (exact) mass is 308 g/mol. The predicted octanol–water partition coefficient (Wildman–Crippen LogP) is 2.99. The lowest BCUT2D eigenvalue weighted by Gasteiger charge is -2.36. The SMILES string of the molecule is Cl.Cl.Fc1cccc2c1OC1(CCNCC1)CCN2. The second-order valence-electron chi connectivity index (χ2n) is 4.83. The molecule has 3 nitrogen and oxygen atoms in total. The fourth-order valence-electron chi connectivity index (χ4n) is 2.68. The standard InChI is InChI=1S/C13H17FN2O.2ClH/c14-10-2-1-3-11-12(10)17-13(6-9-16-11)4-7-15-8-5-13;;/h1-3,15-16H,4-9H2;2*1H. The molecule has 0 saturated carbocycles. The lowest BCUT2D eigenvalue weighted by atomic mass is 9.89. The van der Waals surface area contributed by atoms with E-state index in [1.807, 2.05) is 6.07 Å². The van der Waals surface area contributed by atoms with E-state index in [2.05, 4.69) is 10.6 Å². The van der Waals surface area contributed by atoms with Crippen LogP contribution >= 0.6 is 24.8 Å². The highest BCUT2D eigenvalue weighted by Gasteiger charge is 2.36. The van der Waals surface area contributed by atoms with Gasteiger partial charge in [0, 0.05) is 13.0 Å². The lowest BCUT2D eigenvalue weighted by Crippen LogP contribution is -2.46. The molecule has 3 rings (SSSR count). The first-order valence-corrected chi connectivity index (χ1v) is 6.21. The number of hydrogen-bond donors (Lipinski definition) is 2. The second-order valence-corrected chi connectivity index (χ2v) is 4.83. The minimum atomic E-state index is -0.269. The third-order valence-electron chi connectivity index (χ3n) is 3.70. The van der Waals surface area contributed by atoms with E-state index in [4.69, 9.17) is 4.74 Å². The minimum Gasteiger partial charge on any atom is -0.482 e. The van der Waals surface area contributed by atoms with E-state index >= 15 is 0 Å². The van der Waals surface area contributed by atoms with Crippen molar-refractivity contribution in [1.29, 1.82) is 0 Å². The van der Waals surface area contributed by atoms with Crippen LogP contribution in [0.4, 0.5) is 10.1 Å². The van der Waals surface area contributed by atoms with Gasteiger partial charge in [0.05, 0.1) is 5.69 Å². The van der Waals surface area contributed by atoms with Crippen LogP contribution in [0.1, 0.15) is 19.3 Å². The van der Waals surface area contributed by atoms with Gasteiger partial charge in [0.2, 0.25) is 0 Å². The topological polar surface area (TPSA) is 33.3 Å². The summed E-state index contributed by atoms with van der Waals surface area (Å²) >= 11 is 0. The molecule has 108 valence electrons. The summed E-state index contributed by atoms with van der Waals surface area (Å²) in [5, 5.41) is 6.57. The molecule has 2 aliphatic rings. The van der Waals surface area contributed by atoms with Gasteiger partial charge in [-0.1, -0.05) is 6.07 Å². The molecule has 2 N–H and O–H groups in total. The van der Waals surface area contributed by atoms with Crippen molar-refractivity contribution in [2.24, 2.45) is 0 Å². The number of piperidine rings is 1. The molecule has 1 spiro atoms. The molecule has 1 saturated heterocycles. The van der Waals surface area contributed by atoms with E-state index < -0.39 is 0 Å². The van der Waals surface area contributed by atoms with Crippen LogP contribution in [0.5, 0.6) is 5.75 Å². The van der Waals surface area contributed by atoms with Gasteiger partial charge >= 0.3 is 0 Å². The number of ether oxygens (including phenoxy) is 1. The number of anilines is 1. The van der Waals surface area contributed by atoms with Crippen molar-refractivity contribution in [2.75, 3.05) is 25.0 Å². The Morgan fingerprint density at radius 1 is 1.05 bits per heavy atom. The average Bonchev–Trinajstić information content (AvgIpc) is 2.51. The zero-order chi connectivity index (χ0) is 11.7. The maximum absolute atomic E-state index is 13.8. The molecule has 0 aliphatic carbocycles. The van der Waals surface area contributed by atoms with Crippen molar-refractivity contribution in [3.05, 3.63) is 24.0 Å². The molecule has 19 heavy (non-hydrogen) atoms. The summed E-state index contributed by atoms with van der Waals surface area (Å²) in [6.45, 7) is 2.74. The van der Waals surface area contributed by atoms with E-state index in [-0.39, 0.29) is 36.2 Å². The number of hydrogen-bond acceptors (Lipinski definition) is 3. The molecule has 0 atom stereocenters. The van der Waals surface area contributed by atoms with Crippen LogP contribution in [0, 0.1) is 5.82 Å². The minimum absolute atomic E-state index is 0. The van der Waals surface area contributed by atoms with Crippen LogP contribution in [0.3, 0.4) is 0 Å². The van der Waals surface area contributed by atoms with Crippen LogP contribution in [0.15, 0.2) is 18.2 Å². The summed E-state index contributed by atoms with van der Waals surface area (Å²) in [5.74, 6) is 0.127. The van der Waals surface area contributed by atoms with Gasteiger partial charge in [-0.25, -0.2) is 4.39 Å². The van der Waals surface area contributed by atoms with Crippen molar-refractivity contribution in [3.63, 3.8) is 0 Å². The molecule has 1 aromatic carbocycles. The molecule has 0 unspecified atom stereocenters. The summed E-state index contributed by atoms with van der Waals surface area (Å²) in [4.78, 5) is 0. The van der Waals surface area contributed by atoms with Crippen LogP contribution in [-0.2, 0) is 0 Å². The summed E-state index contributed by atoms with van der Waals surface area (Å²) < 4.78 is 19.8. The van der Waals surface area contributed by atoms with E-state index in [1.54, 1.807) is 6.07 Å². The Hall–Kier alpha value is -0.710. The number of benzene rings is 1. The molecular formula is C13H19Cl2FN2O. The number of rotatable bonds is 0. The van der Waals surface area contributed by atoms with Crippen LogP contribution in [0.25, 0.3) is 0 Å². The van der Waals surface area contributed by atoms with Gasteiger partial charge in [0.15, 0.2) is 11.6 Å². The molecule has 0 radical (unpaired) electrons. The van der Waals surface area contributed by atoms with Crippen molar-refractivity contribution >= 4 is 30.5 Å². The molecule has 6 heteroatoms. The van der Waals surface area contributed by atoms with E-state index in [0.717, 1.165) is 44.6 Å². The first kappa shape index (κ1) is 16.3. The molecule has 2 heterocycles. The lowest BCUT2D eigenvalue weighted by molar-refractivity contribution is 0.0320. The summed E-state index contributed by atoms with van der Waals surface area (Å²) in [7, 11) is 0. The van der Waals surface area contributed by atoms with Gasteiger partial charge in [-0.05, 0) is 38.1 Å². The van der Waals surface area contributed by atoms with Gasteiger partial charge < -0.3 is 15.4 Å². The van der Waals surface area contributed by atoms with Crippen molar-refractivity contribution in [2.45, 2.75) is 24.9 Å². The molecule has 0 bridgehead atoms. The predicted molar refractivity (Wildman–Crippen MR) is 79.5 cm³/mol. The second kappa shape index (κ2) is 6.64. The number of fused-ring (bicyclic) bond motifs is 1. The number of halogens is 3. The Morgan fingerprint density at radius 2 is 1.74 bits per heavy atom. The Morgan fingerprint density at radius 3 is 2.47 bits per heavy atom. The van der Waals surface area contributed by atoms with Crippen LogP contribution < -0.4 is 15.4 Å². The first-order chi connectivity index (χ1) is 8.29. The van der Waals surface area contributed by atoms with Crippen molar-refractivity contribution in [1.82, 2.24) is 5.32 Å². The number of nitrogens with one attached hydrogen (secondary N) is 2. The van der Waals surface area contributed by atoms with Crippen molar-refractivity contribution in [3.8, 4) is 5.75 Å². The average molecular weight is 309 g/mol. The highest BCUT2D eigenvalue weighted by molar-refractivity contribution is 5.85. The van der Waals surface area contributed by atoms with Gasteiger partial charge in [0.1, 0.15) is 5.60 Å².